The van der Waals surface area contributed by atoms with Crippen LogP contribution in [0, 0.1) is 11.8 Å². The maximum atomic E-state index is 10.8. The number of hydrogen-bond acceptors (Lipinski definition) is 2. The molecule has 0 N–H and O–H groups in total. The van der Waals surface area contributed by atoms with E-state index in [-0.39, 0.29) is 12.1 Å². The molecule has 0 aliphatic heterocycles. The molecule has 0 bridgehead atoms. The van der Waals surface area contributed by atoms with Crippen molar-refractivity contribution < 1.29 is 9.53 Å². The van der Waals surface area contributed by atoms with E-state index in [0.29, 0.717) is 0 Å². The Morgan fingerprint density at radius 1 is 1.33 bits per heavy atom. The zero-order valence-electron chi connectivity index (χ0n) is 10.3. The van der Waals surface area contributed by atoms with Crippen molar-refractivity contribution in [3.05, 3.63) is 0 Å². The molecule has 1 aliphatic rings. The zero-order chi connectivity index (χ0) is 11.3. The summed E-state index contributed by atoms with van der Waals surface area (Å²) in [6, 6.07) is 0. The average Bonchev–Trinajstić information content (AvgIpc) is 2.18. The van der Waals surface area contributed by atoms with Gasteiger partial charge in [0.2, 0.25) is 0 Å². The minimum absolute atomic E-state index is 0.125. The van der Waals surface area contributed by atoms with Gasteiger partial charge < -0.3 is 4.74 Å². The third kappa shape index (κ3) is 4.23. The van der Waals surface area contributed by atoms with E-state index >= 15 is 0 Å². The number of esters is 1. The van der Waals surface area contributed by atoms with Crippen LogP contribution in [0.4, 0.5) is 0 Å². The molecule has 2 heteroatoms. The predicted octanol–water partition coefficient (Wildman–Crippen LogP) is 3.54. The van der Waals surface area contributed by atoms with E-state index in [4.69, 9.17) is 4.74 Å². The van der Waals surface area contributed by atoms with Crippen molar-refractivity contribution in [2.24, 2.45) is 11.8 Å². The van der Waals surface area contributed by atoms with Crippen LogP contribution in [0.15, 0.2) is 0 Å². The summed E-state index contributed by atoms with van der Waals surface area (Å²) in [7, 11) is 0. The molecule has 0 aromatic rings. The topological polar surface area (TPSA) is 26.3 Å². The SMILES string of the molecule is CCCC(C)C1CCC(OC(C)=O)CC1. The van der Waals surface area contributed by atoms with Crippen molar-refractivity contribution in [1.82, 2.24) is 0 Å². The van der Waals surface area contributed by atoms with Crippen LogP contribution >= 0.6 is 0 Å². The molecule has 88 valence electrons. The normalized spacial score (nSPS) is 28.5. The van der Waals surface area contributed by atoms with Gasteiger partial charge in [-0.15, -0.1) is 0 Å². The van der Waals surface area contributed by atoms with Gasteiger partial charge in [-0.3, -0.25) is 4.79 Å². The van der Waals surface area contributed by atoms with Crippen molar-refractivity contribution in [3.63, 3.8) is 0 Å². The highest BCUT2D eigenvalue weighted by Crippen LogP contribution is 2.33. The molecule has 0 aromatic heterocycles. The molecule has 2 nitrogen and oxygen atoms in total. The highest BCUT2D eigenvalue weighted by Gasteiger charge is 2.25. The van der Waals surface area contributed by atoms with Gasteiger partial charge in [-0.1, -0.05) is 26.7 Å². The maximum absolute atomic E-state index is 10.8. The Hall–Kier alpha value is -0.530. The van der Waals surface area contributed by atoms with Gasteiger partial charge in [0, 0.05) is 6.92 Å². The summed E-state index contributed by atoms with van der Waals surface area (Å²) < 4.78 is 5.24. The summed E-state index contributed by atoms with van der Waals surface area (Å²) >= 11 is 0. The van der Waals surface area contributed by atoms with E-state index in [9.17, 15) is 4.79 Å². The Labute approximate surface area is 93.4 Å². The molecule has 0 heterocycles. The second kappa shape index (κ2) is 6.14. The third-order valence-corrected chi connectivity index (χ3v) is 3.60. The van der Waals surface area contributed by atoms with E-state index in [1.54, 1.807) is 0 Å². The Bertz CT molecular complexity index is 193. The fourth-order valence-electron chi connectivity index (χ4n) is 2.70. The summed E-state index contributed by atoms with van der Waals surface area (Å²) in [5.41, 5.74) is 0. The van der Waals surface area contributed by atoms with Gasteiger partial charge in [0.1, 0.15) is 6.10 Å². The maximum Gasteiger partial charge on any atom is 0.302 e. The zero-order valence-corrected chi connectivity index (χ0v) is 10.3. The molecule has 1 fully saturated rings. The molecular formula is C13H24O2. The standard InChI is InChI=1S/C13H24O2/c1-4-5-10(2)12-6-8-13(9-7-12)15-11(3)14/h10,12-13H,4-9H2,1-3H3. The molecule has 1 atom stereocenters. The molecule has 1 rings (SSSR count). The Kier molecular flexibility index (Phi) is 5.13. The van der Waals surface area contributed by atoms with Crippen molar-refractivity contribution in [2.45, 2.75) is 65.4 Å². The van der Waals surface area contributed by atoms with Gasteiger partial charge in [-0.2, -0.15) is 0 Å². The van der Waals surface area contributed by atoms with Crippen molar-refractivity contribution in [2.75, 3.05) is 0 Å². The third-order valence-electron chi connectivity index (χ3n) is 3.60. The first-order chi connectivity index (χ1) is 7.13. The molecule has 1 unspecified atom stereocenters. The largest absolute Gasteiger partial charge is 0.463 e. The second-order valence-corrected chi connectivity index (χ2v) is 4.91. The van der Waals surface area contributed by atoms with Crippen molar-refractivity contribution in [1.29, 1.82) is 0 Å². The molecule has 1 saturated carbocycles. The molecule has 0 radical (unpaired) electrons. The summed E-state index contributed by atoms with van der Waals surface area (Å²) in [5, 5.41) is 0. The van der Waals surface area contributed by atoms with Crippen LogP contribution in [0.2, 0.25) is 0 Å². The van der Waals surface area contributed by atoms with Crippen LogP contribution in [0.3, 0.4) is 0 Å². The number of carbonyl (C=O) groups excluding carboxylic acids is 1. The minimum atomic E-state index is -0.125. The first-order valence-electron chi connectivity index (χ1n) is 6.30. The molecule has 0 saturated heterocycles. The monoisotopic (exact) mass is 212 g/mol. The van der Waals surface area contributed by atoms with Gasteiger partial charge in [0.05, 0.1) is 0 Å². The van der Waals surface area contributed by atoms with Gasteiger partial charge >= 0.3 is 5.97 Å². The quantitative estimate of drug-likeness (QED) is 0.666. The first kappa shape index (κ1) is 12.5. The van der Waals surface area contributed by atoms with E-state index in [2.05, 4.69) is 13.8 Å². The molecule has 1 aliphatic carbocycles. The van der Waals surface area contributed by atoms with Gasteiger partial charge in [-0.05, 0) is 37.5 Å². The Morgan fingerprint density at radius 2 is 1.93 bits per heavy atom. The van der Waals surface area contributed by atoms with E-state index in [0.717, 1.165) is 24.7 Å². The average molecular weight is 212 g/mol. The molecular weight excluding hydrogens is 188 g/mol. The lowest BCUT2D eigenvalue weighted by Crippen LogP contribution is -2.26. The minimum Gasteiger partial charge on any atom is -0.463 e. The predicted molar refractivity (Wildman–Crippen MR) is 61.6 cm³/mol. The smallest absolute Gasteiger partial charge is 0.302 e. The lowest BCUT2D eigenvalue weighted by Gasteiger charge is -2.31. The highest BCUT2D eigenvalue weighted by molar-refractivity contribution is 5.66. The van der Waals surface area contributed by atoms with Crippen LogP contribution in [0.25, 0.3) is 0 Å². The number of ether oxygens (including phenoxy) is 1. The van der Waals surface area contributed by atoms with Gasteiger partial charge in [-0.25, -0.2) is 0 Å². The number of hydrogen-bond donors (Lipinski definition) is 0. The molecule has 15 heavy (non-hydrogen) atoms. The lowest BCUT2D eigenvalue weighted by atomic mass is 9.78. The van der Waals surface area contributed by atoms with Crippen LogP contribution in [-0.2, 0) is 9.53 Å². The number of rotatable bonds is 4. The second-order valence-electron chi connectivity index (χ2n) is 4.91. The van der Waals surface area contributed by atoms with E-state index in [1.807, 2.05) is 0 Å². The Balaban J connectivity index is 2.26. The van der Waals surface area contributed by atoms with Crippen LogP contribution in [0.1, 0.15) is 59.3 Å². The van der Waals surface area contributed by atoms with Crippen LogP contribution in [-0.4, -0.2) is 12.1 Å². The van der Waals surface area contributed by atoms with Crippen molar-refractivity contribution in [3.8, 4) is 0 Å². The van der Waals surface area contributed by atoms with E-state index in [1.165, 1.54) is 32.6 Å². The molecule has 0 amide bonds. The van der Waals surface area contributed by atoms with Crippen LogP contribution < -0.4 is 0 Å². The molecule has 0 aromatic carbocycles. The first-order valence-corrected chi connectivity index (χ1v) is 6.30. The van der Waals surface area contributed by atoms with Gasteiger partial charge in [0.25, 0.3) is 0 Å². The molecule has 0 spiro atoms. The fourth-order valence-corrected chi connectivity index (χ4v) is 2.70. The van der Waals surface area contributed by atoms with Crippen LogP contribution in [0.5, 0.6) is 0 Å². The summed E-state index contributed by atoms with van der Waals surface area (Å²) in [5.74, 6) is 1.57. The summed E-state index contributed by atoms with van der Waals surface area (Å²) in [4.78, 5) is 10.8. The lowest BCUT2D eigenvalue weighted by molar-refractivity contribution is -0.148. The van der Waals surface area contributed by atoms with E-state index < -0.39 is 0 Å². The van der Waals surface area contributed by atoms with Gasteiger partial charge in [0.15, 0.2) is 0 Å². The Morgan fingerprint density at radius 3 is 2.40 bits per heavy atom. The number of carbonyl (C=O) groups is 1. The summed E-state index contributed by atoms with van der Waals surface area (Å²) in [6.07, 6.45) is 7.43. The van der Waals surface area contributed by atoms with Crippen molar-refractivity contribution >= 4 is 5.97 Å². The highest BCUT2D eigenvalue weighted by atomic mass is 16.5. The fraction of sp³-hybridized carbons (Fsp3) is 0.923. The summed E-state index contributed by atoms with van der Waals surface area (Å²) in [6.45, 7) is 6.12.